The highest BCUT2D eigenvalue weighted by atomic mass is 16.5. The van der Waals surface area contributed by atoms with Gasteiger partial charge < -0.3 is 15.2 Å². The fraction of sp³-hybridized carbons (Fsp3) is 0.250. The van der Waals surface area contributed by atoms with Crippen molar-refractivity contribution in [1.29, 1.82) is 0 Å². The first-order valence-electron chi connectivity index (χ1n) is 8.40. The van der Waals surface area contributed by atoms with Crippen LogP contribution in [-0.4, -0.2) is 30.2 Å². The molecule has 1 atom stereocenters. The Morgan fingerprint density at radius 2 is 1.70 bits per heavy atom. The number of anilines is 1. The second-order valence-electron chi connectivity index (χ2n) is 6.18. The minimum Gasteiger partial charge on any atom is -0.507 e. The van der Waals surface area contributed by atoms with Crippen molar-refractivity contribution in [3.05, 3.63) is 53.1 Å². The third-order valence-electron chi connectivity index (χ3n) is 4.05. The lowest BCUT2D eigenvalue weighted by Crippen LogP contribution is -2.34. The summed E-state index contributed by atoms with van der Waals surface area (Å²) in [5, 5.41) is 16.3. The highest BCUT2D eigenvalue weighted by molar-refractivity contribution is 6.06. The average molecular weight is 369 g/mol. The lowest BCUT2D eigenvalue weighted by molar-refractivity contribution is -0.131. The van der Waals surface area contributed by atoms with E-state index < -0.39 is 17.7 Å². The molecule has 0 aliphatic rings. The van der Waals surface area contributed by atoms with Crippen LogP contribution in [-0.2, 0) is 9.59 Å². The molecule has 7 nitrogen and oxygen atoms in total. The summed E-state index contributed by atoms with van der Waals surface area (Å²) in [5.41, 5.74) is 5.09. The van der Waals surface area contributed by atoms with Crippen molar-refractivity contribution in [3.8, 4) is 11.5 Å². The molecule has 0 saturated carbocycles. The van der Waals surface area contributed by atoms with Crippen LogP contribution in [0.5, 0.6) is 11.5 Å². The Labute approximate surface area is 158 Å². The molecule has 0 aromatic heterocycles. The van der Waals surface area contributed by atoms with Gasteiger partial charge in [-0.1, -0.05) is 0 Å². The maximum atomic E-state index is 12.2. The molecule has 27 heavy (non-hydrogen) atoms. The summed E-state index contributed by atoms with van der Waals surface area (Å²) in [5.74, 6) is -0.978. The van der Waals surface area contributed by atoms with Gasteiger partial charge in [-0.15, -0.1) is 0 Å². The summed E-state index contributed by atoms with van der Waals surface area (Å²) in [6.45, 7) is 5.06. The normalized spacial score (nSPS) is 11.9. The van der Waals surface area contributed by atoms with Crippen molar-refractivity contribution in [2.75, 3.05) is 12.4 Å². The zero-order chi connectivity index (χ0) is 20.0. The van der Waals surface area contributed by atoms with Gasteiger partial charge in [-0.05, 0) is 73.9 Å². The first-order chi connectivity index (χ1) is 12.8. The van der Waals surface area contributed by atoms with Gasteiger partial charge in [0.2, 0.25) is 5.91 Å². The Bertz CT molecular complexity index is 837. The number of rotatable bonds is 6. The summed E-state index contributed by atoms with van der Waals surface area (Å²) in [7, 11) is 1.56. The van der Waals surface area contributed by atoms with Gasteiger partial charge in [0, 0.05) is 5.69 Å². The Hall–Kier alpha value is -3.35. The molecule has 0 radical (unpaired) electrons. The van der Waals surface area contributed by atoms with Crippen LogP contribution in [0.1, 0.15) is 23.6 Å². The fourth-order valence-corrected chi connectivity index (χ4v) is 2.38. The monoisotopic (exact) mass is 369 g/mol. The molecular formula is C20H23N3O4. The van der Waals surface area contributed by atoms with Crippen molar-refractivity contribution in [1.82, 2.24) is 5.43 Å². The lowest BCUT2D eigenvalue weighted by atomic mass is 10.1. The molecule has 0 heterocycles. The molecule has 7 heteroatoms. The van der Waals surface area contributed by atoms with E-state index in [0.29, 0.717) is 11.4 Å². The molecule has 0 saturated heterocycles. The van der Waals surface area contributed by atoms with Crippen LogP contribution < -0.4 is 15.5 Å². The van der Waals surface area contributed by atoms with Crippen LogP contribution in [0.3, 0.4) is 0 Å². The molecule has 1 unspecified atom stereocenters. The number of hydrogen-bond acceptors (Lipinski definition) is 5. The summed E-state index contributed by atoms with van der Waals surface area (Å²) in [6.07, 6.45) is 1.46. The van der Waals surface area contributed by atoms with Crippen molar-refractivity contribution in [2.24, 2.45) is 11.0 Å². The maximum Gasteiger partial charge on any atom is 0.252 e. The number of phenolic OH excluding ortho intramolecular Hbond substituents is 1. The Morgan fingerprint density at radius 1 is 1.11 bits per heavy atom. The largest absolute Gasteiger partial charge is 0.507 e. The molecule has 142 valence electrons. The molecule has 2 amide bonds. The number of nitrogens with one attached hydrogen (secondary N) is 2. The zero-order valence-electron chi connectivity index (χ0n) is 15.7. The lowest BCUT2D eigenvalue weighted by Gasteiger charge is -2.11. The first kappa shape index (κ1) is 20.0. The number of aromatic hydroxyl groups is 1. The van der Waals surface area contributed by atoms with E-state index in [0.717, 1.165) is 16.7 Å². The standard InChI is InChI=1S/C20H23N3O4/c1-12-9-15(10-13(2)18(12)24)11-21-23-20(26)14(3)19(25)22-16-5-7-17(27-4)8-6-16/h5-11,14,24H,1-4H3,(H,22,25)(H,23,26)/b21-11+. The van der Waals surface area contributed by atoms with E-state index in [4.69, 9.17) is 4.74 Å². The third kappa shape index (κ3) is 5.31. The van der Waals surface area contributed by atoms with Gasteiger partial charge in [-0.2, -0.15) is 5.10 Å². The maximum absolute atomic E-state index is 12.2. The van der Waals surface area contributed by atoms with Gasteiger partial charge in [-0.25, -0.2) is 5.43 Å². The van der Waals surface area contributed by atoms with Crippen molar-refractivity contribution >= 4 is 23.7 Å². The zero-order valence-corrected chi connectivity index (χ0v) is 15.7. The van der Waals surface area contributed by atoms with E-state index in [1.54, 1.807) is 57.4 Å². The van der Waals surface area contributed by atoms with Gasteiger partial charge in [0.1, 0.15) is 17.4 Å². The number of benzene rings is 2. The van der Waals surface area contributed by atoms with Crippen LogP contribution in [0.25, 0.3) is 0 Å². The number of aryl methyl sites for hydroxylation is 2. The van der Waals surface area contributed by atoms with Crippen LogP contribution in [0.2, 0.25) is 0 Å². The summed E-state index contributed by atoms with van der Waals surface area (Å²) in [4.78, 5) is 24.3. The second kappa shape index (κ2) is 8.84. The number of methoxy groups -OCH3 is 1. The number of phenols is 1. The number of hydrazone groups is 1. The Kier molecular flexibility index (Phi) is 6.54. The number of carbonyl (C=O) groups excluding carboxylic acids is 2. The summed E-state index contributed by atoms with van der Waals surface area (Å²) >= 11 is 0. The minimum atomic E-state index is -0.924. The SMILES string of the molecule is COc1ccc(NC(=O)C(C)C(=O)N/N=C/c2cc(C)c(O)c(C)c2)cc1. The number of carbonyl (C=O) groups is 2. The summed E-state index contributed by atoms with van der Waals surface area (Å²) < 4.78 is 5.06. The molecule has 0 bridgehead atoms. The highest BCUT2D eigenvalue weighted by Crippen LogP contribution is 2.22. The molecule has 0 spiro atoms. The van der Waals surface area contributed by atoms with Crippen molar-refractivity contribution in [2.45, 2.75) is 20.8 Å². The Morgan fingerprint density at radius 3 is 2.26 bits per heavy atom. The second-order valence-corrected chi connectivity index (χ2v) is 6.18. The predicted molar refractivity (Wildman–Crippen MR) is 104 cm³/mol. The minimum absolute atomic E-state index is 0.236. The molecular weight excluding hydrogens is 346 g/mol. The Balaban J connectivity index is 1.93. The first-order valence-corrected chi connectivity index (χ1v) is 8.40. The van der Waals surface area contributed by atoms with Gasteiger partial charge in [0.05, 0.1) is 13.3 Å². The van der Waals surface area contributed by atoms with E-state index in [9.17, 15) is 14.7 Å². The van der Waals surface area contributed by atoms with E-state index in [2.05, 4.69) is 15.8 Å². The van der Waals surface area contributed by atoms with E-state index in [-0.39, 0.29) is 5.75 Å². The van der Waals surface area contributed by atoms with Crippen LogP contribution in [0.15, 0.2) is 41.5 Å². The van der Waals surface area contributed by atoms with Crippen molar-refractivity contribution in [3.63, 3.8) is 0 Å². The molecule has 2 aromatic carbocycles. The number of amides is 2. The van der Waals surface area contributed by atoms with Crippen LogP contribution in [0, 0.1) is 19.8 Å². The molecule has 0 fully saturated rings. The molecule has 0 aliphatic carbocycles. The smallest absolute Gasteiger partial charge is 0.252 e. The van der Waals surface area contributed by atoms with Crippen molar-refractivity contribution < 1.29 is 19.4 Å². The topological polar surface area (TPSA) is 100 Å². The molecule has 2 rings (SSSR count). The summed E-state index contributed by atoms with van der Waals surface area (Å²) in [6, 6.07) is 10.3. The van der Waals surface area contributed by atoms with E-state index in [1.807, 2.05) is 0 Å². The number of hydrogen-bond donors (Lipinski definition) is 3. The predicted octanol–water partition coefficient (Wildman–Crippen LogP) is 2.74. The third-order valence-corrected chi connectivity index (χ3v) is 4.05. The molecule has 0 aliphatic heterocycles. The fourth-order valence-electron chi connectivity index (χ4n) is 2.38. The van der Waals surface area contributed by atoms with Gasteiger partial charge >= 0.3 is 0 Å². The number of nitrogens with zero attached hydrogens (tertiary/aromatic N) is 1. The molecule has 3 N–H and O–H groups in total. The number of ether oxygens (including phenoxy) is 1. The highest BCUT2D eigenvalue weighted by Gasteiger charge is 2.21. The average Bonchev–Trinajstić information content (AvgIpc) is 2.65. The van der Waals surface area contributed by atoms with Crippen LogP contribution >= 0.6 is 0 Å². The van der Waals surface area contributed by atoms with Gasteiger partial charge in [0.15, 0.2) is 0 Å². The quantitative estimate of drug-likeness (QED) is 0.414. The molecule has 2 aromatic rings. The van der Waals surface area contributed by atoms with E-state index in [1.165, 1.54) is 13.1 Å². The van der Waals surface area contributed by atoms with Gasteiger partial charge in [-0.3, -0.25) is 9.59 Å². The van der Waals surface area contributed by atoms with Gasteiger partial charge in [0.25, 0.3) is 5.91 Å². The van der Waals surface area contributed by atoms with Crippen LogP contribution in [0.4, 0.5) is 5.69 Å². The van der Waals surface area contributed by atoms with E-state index >= 15 is 0 Å².